The Morgan fingerprint density at radius 3 is 2.08 bits per heavy atom. The Morgan fingerprint density at radius 2 is 1.77 bits per heavy atom. The van der Waals surface area contributed by atoms with Crippen molar-refractivity contribution in [3.05, 3.63) is 0 Å². The molecule has 0 aromatic carbocycles. The lowest BCUT2D eigenvalue weighted by Crippen LogP contribution is -2.40. The fraction of sp³-hybridized carbons (Fsp3) is 1.00. The molecular formula is C9H21NO2S. The number of sulfone groups is 1. The van der Waals surface area contributed by atoms with Crippen LogP contribution < -0.4 is 5.73 Å². The van der Waals surface area contributed by atoms with Crippen LogP contribution in [0.15, 0.2) is 0 Å². The van der Waals surface area contributed by atoms with Crippen LogP contribution in [-0.4, -0.2) is 25.5 Å². The summed E-state index contributed by atoms with van der Waals surface area (Å²) < 4.78 is 23.1. The molecule has 80 valence electrons. The predicted molar refractivity (Wildman–Crippen MR) is 56.4 cm³/mol. The first-order valence-corrected chi connectivity index (χ1v) is 6.68. The maximum atomic E-state index is 11.6. The van der Waals surface area contributed by atoms with Gasteiger partial charge in [0, 0.05) is 11.8 Å². The van der Waals surface area contributed by atoms with Crippen molar-refractivity contribution >= 4 is 9.84 Å². The van der Waals surface area contributed by atoms with Crippen molar-refractivity contribution in [3.8, 4) is 0 Å². The second-order valence-electron chi connectivity index (χ2n) is 3.35. The van der Waals surface area contributed by atoms with Crippen LogP contribution in [-0.2, 0) is 9.84 Å². The maximum absolute atomic E-state index is 11.6. The Bertz CT molecular complexity index is 224. The average molecular weight is 207 g/mol. The summed E-state index contributed by atoms with van der Waals surface area (Å²) in [5.41, 5.74) is 5.82. The third-order valence-electron chi connectivity index (χ3n) is 2.37. The SMILES string of the molecule is CCCC(N)C(CC)S(=O)(=O)CC. The predicted octanol–water partition coefficient (Wildman–Crippen LogP) is 1.33. The molecule has 0 bridgehead atoms. The maximum Gasteiger partial charge on any atom is 0.154 e. The molecule has 0 spiro atoms. The summed E-state index contributed by atoms with van der Waals surface area (Å²) in [5.74, 6) is 0.197. The highest BCUT2D eigenvalue weighted by atomic mass is 32.2. The minimum absolute atomic E-state index is 0.194. The van der Waals surface area contributed by atoms with Gasteiger partial charge in [0.25, 0.3) is 0 Å². The third kappa shape index (κ3) is 3.65. The first kappa shape index (κ1) is 12.9. The molecule has 0 aliphatic heterocycles. The molecule has 2 N–H and O–H groups in total. The molecule has 0 fully saturated rings. The number of hydrogen-bond donors (Lipinski definition) is 1. The summed E-state index contributed by atoms with van der Waals surface area (Å²) in [6, 6.07) is -0.194. The smallest absolute Gasteiger partial charge is 0.154 e. The van der Waals surface area contributed by atoms with Crippen LogP contribution in [0.1, 0.15) is 40.0 Å². The van der Waals surface area contributed by atoms with Crippen LogP contribution >= 0.6 is 0 Å². The first-order chi connectivity index (χ1) is 5.99. The van der Waals surface area contributed by atoms with E-state index < -0.39 is 9.84 Å². The monoisotopic (exact) mass is 207 g/mol. The zero-order chi connectivity index (χ0) is 10.5. The van der Waals surface area contributed by atoms with E-state index in [2.05, 4.69) is 0 Å². The molecule has 0 rings (SSSR count). The van der Waals surface area contributed by atoms with Crippen molar-refractivity contribution in [1.29, 1.82) is 0 Å². The minimum Gasteiger partial charge on any atom is -0.327 e. The van der Waals surface area contributed by atoms with Crippen molar-refractivity contribution in [2.75, 3.05) is 5.75 Å². The Morgan fingerprint density at radius 1 is 1.23 bits per heavy atom. The van der Waals surface area contributed by atoms with Gasteiger partial charge in [-0.3, -0.25) is 0 Å². The van der Waals surface area contributed by atoms with Gasteiger partial charge in [-0.15, -0.1) is 0 Å². The molecule has 3 nitrogen and oxygen atoms in total. The standard InChI is InChI=1S/C9H21NO2S/c1-4-7-8(10)9(5-2)13(11,12)6-3/h8-9H,4-7,10H2,1-3H3. The normalized spacial score (nSPS) is 16.9. The fourth-order valence-corrected chi connectivity index (χ4v) is 3.16. The lowest BCUT2D eigenvalue weighted by atomic mass is 10.1. The molecule has 0 radical (unpaired) electrons. The largest absolute Gasteiger partial charge is 0.327 e. The lowest BCUT2D eigenvalue weighted by Gasteiger charge is -2.21. The number of nitrogens with two attached hydrogens (primary N) is 1. The lowest BCUT2D eigenvalue weighted by molar-refractivity contribution is 0.517. The molecule has 0 aliphatic rings. The van der Waals surface area contributed by atoms with E-state index in [-0.39, 0.29) is 17.0 Å². The molecule has 4 heteroatoms. The molecule has 0 amide bonds. The van der Waals surface area contributed by atoms with Crippen molar-refractivity contribution in [3.63, 3.8) is 0 Å². The van der Waals surface area contributed by atoms with Crippen LogP contribution in [0.2, 0.25) is 0 Å². The molecule has 13 heavy (non-hydrogen) atoms. The molecule has 0 heterocycles. The van der Waals surface area contributed by atoms with Gasteiger partial charge >= 0.3 is 0 Å². The highest BCUT2D eigenvalue weighted by Crippen LogP contribution is 2.13. The minimum atomic E-state index is -2.96. The molecule has 2 atom stereocenters. The summed E-state index contributed by atoms with van der Waals surface area (Å²) in [5, 5.41) is -0.350. The van der Waals surface area contributed by atoms with Crippen molar-refractivity contribution in [2.24, 2.45) is 5.73 Å². The summed E-state index contributed by atoms with van der Waals surface area (Å²) in [7, 11) is -2.96. The van der Waals surface area contributed by atoms with Gasteiger partial charge in [0.05, 0.1) is 5.25 Å². The van der Waals surface area contributed by atoms with Crippen LogP contribution in [0.3, 0.4) is 0 Å². The van der Waals surface area contributed by atoms with Gasteiger partial charge in [0.2, 0.25) is 0 Å². The molecule has 0 aliphatic carbocycles. The molecule has 0 aromatic heterocycles. The van der Waals surface area contributed by atoms with Crippen LogP contribution in [0, 0.1) is 0 Å². The first-order valence-electron chi connectivity index (χ1n) is 4.96. The van der Waals surface area contributed by atoms with E-state index in [1.807, 2.05) is 13.8 Å². The molecule has 2 unspecified atom stereocenters. The van der Waals surface area contributed by atoms with Crippen molar-refractivity contribution < 1.29 is 8.42 Å². The highest BCUT2D eigenvalue weighted by molar-refractivity contribution is 7.92. The summed E-state index contributed by atoms with van der Waals surface area (Å²) in [6.07, 6.45) is 2.35. The van der Waals surface area contributed by atoms with Gasteiger partial charge in [-0.25, -0.2) is 8.42 Å². The van der Waals surface area contributed by atoms with Gasteiger partial charge < -0.3 is 5.73 Å². The van der Waals surface area contributed by atoms with Gasteiger partial charge in [-0.05, 0) is 12.8 Å². The third-order valence-corrected chi connectivity index (χ3v) is 4.78. The topological polar surface area (TPSA) is 60.2 Å². The Hall–Kier alpha value is -0.0900. The van der Waals surface area contributed by atoms with E-state index >= 15 is 0 Å². The van der Waals surface area contributed by atoms with E-state index in [9.17, 15) is 8.42 Å². The van der Waals surface area contributed by atoms with Crippen LogP contribution in [0.4, 0.5) is 0 Å². The zero-order valence-electron chi connectivity index (χ0n) is 8.79. The fourth-order valence-electron chi connectivity index (χ4n) is 1.56. The molecule has 0 aromatic rings. The average Bonchev–Trinajstić information content (AvgIpc) is 2.05. The van der Waals surface area contributed by atoms with E-state index in [0.717, 1.165) is 12.8 Å². The van der Waals surface area contributed by atoms with E-state index in [4.69, 9.17) is 5.73 Å². The Balaban J connectivity index is 4.50. The zero-order valence-corrected chi connectivity index (χ0v) is 9.60. The summed E-state index contributed by atoms with van der Waals surface area (Å²) >= 11 is 0. The van der Waals surface area contributed by atoms with Crippen molar-refractivity contribution in [1.82, 2.24) is 0 Å². The number of rotatable bonds is 6. The van der Waals surface area contributed by atoms with Gasteiger partial charge in [-0.1, -0.05) is 27.2 Å². The number of hydrogen-bond acceptors (Lipinski definition) is 3. The molecule has 0 saturated carbocycles. The van der Waals surface area contributed by atoms with Gasteiger partial charge in [-0.2, -0.15) is 0 Å². The van der Waals surface area contributed by atoms with Crippen LogP contribution in [0.5, 0.6) is 0 Å². The molecule has 0 saturated heterocycles. The van der Waals surface area contributed by atoms with E-state index in [0.29, 0.717) is 6.42 Å². The Labute approximate surface area is 81.6 Å². The molecular weight excluding hydrogens is 186 g/mol. The van der Waals surface area contributed by atoms with Crippen molar-refractivity contribution in [2.45, 2.75) is 51.3 Å². The quantitative estimate of drug-likeness (QED) is 0.714. The van der Waals surface area contributed by atoms with E-state index in [1.54, 1.807) is 6.92 Å². The van der Waals surface area contributed by atoms with Gasteiger partial charge in [0.1, 0.15) is 0 Å². The second-order valence-corrected chi connectivity index (χ2v) is 5.86. The van der Waals surface area contributed by atoms with E-state index in [1.165, 1.54) is 0 Å². The van der Waals surface area contributed by atoms with Crippen LogP contribution in [0.25, 0.3) is 0 Å². The second kappa shape index (κ2) is 5.60. The van der Waals surface area contributed by atoms with Gasteiger partial charge in [0.15, 0.2) is 9.84 Å². The summed E-state index contributed by atoms with van der Waals surface area (Å²) in [6.45, 7) is 5.58. The Kier molecular flexibility index (Phi) is 5.56. The highest BCUT2D eigenvalue weighted by Gasteiger charge is 2.27. The summed E-state index contributed by atoms with van der Waals surface area (Å²) in [4.78, 5) is 0.